The van der Waals surface area contributed by atoms with Gasteiger partial charge in [0.2, 0.25) is 0 Å². The summed E-state index contributed by atoms with van der Waals surface area (Å²) in [5.41, 5.74) is 4.34. The normalized spacial score (nSPS) is 11.6. The van der Waals surface area contributed by atoms with Crippen molar-refractivity contribution in [1.82, 2.24) is 35.2 Å². The molecule has 0 bridgehead atoms. The van der Waals surface area contributed by atoms with Crippen molar-refractivity contribution in [1.29, 1.82) is 0 Å². The van der Waals surface area contributed by atoms with Gasteiger partial charge in [-0.3, -0.25) is 9.67 Å². The van der Waals surface area contributed by atoms with Crippen LogP contribution in [-0.2, 0) is 20.1 Å². The molecule has 0 saturated heterocycles. The Bertz CT molecular complexity index is 891. The van der Waals surface area contributed by atoms with Crippen molar-refractivity contribution < 1.29 is 0 Å². The number of nitrogens with zero attached hydrogens (tertiary/aromatic N) is 6. The van der Waals surface area contributed by atoms with Gasteiger partial charge in [0.25, 0.3) is 0 Å². The molecule has 0 aliphatic rings. The van der Waals surface area contributed by atoms with Crippen molar-refractivity contribution >= 4 is 5.96 Å². The summed E-state index contributed by atoms with van der Waals surface area (Å²) in [6.45, 7) is 5.30. The van der Waals surface area contributed by atoms with E-state index >= 15 is 0 Å². The Morgan fingerprint density at radius 3 is 2.50 bits per heavy atom. The largest absolute Gasteiger partial charge is 0.352 e. The maximum atomic E-state index is 4.68. The number of aromatic nitrogens is 5. The minimum atomic E-state index is 0.553. The zero-order valence-corrected chi connectivity index (χ0v) is 15.6. The second-order valence-corrected chi connectivity index (χ2v) is 5.98. The van der Waals surface area contributed by atoms with Crippen molar-refractivity contribution in [3.8, 4) is 5.69 Å². The van der Waals surface area contributed by atoms with Crippen LogP contribution in [-0.4, -0.2) is 37.6 Å². The van der Waals surface area contributed by atoms with Gasteiger partial charge in [-0.05, 0) is 26.0 Å². The topological polar surface area (TPSA) is 84.9 Å². The highest BCUT2D eigenvalue weighted by molar-refractivity contribution is 5.79. The summed E-state index contributed by atoms with van der Waals surface area (Å²) in [4.78, 5) is 8.46. The molecule has 8 nitrogen and oxygen atoms in total. The van der Waals surface area contributed by atoms with Gasteiger partial charge in [-0.15, -0.1) is 0 Å². The fraction of sp³-hybridized carbons (Fsp3) is 0.333. The predicted octanol–water partition coefficient (Wildman–Crippen LogP) is 1.48. The molecule has 2 N–H and O–H groups in total. The first-order chi connectivity index (χ1) is 12.6. The summed E-state index contributed by atoms with van der Waals surface area (Å²) in [6.07, 6.45) is 1.54. The lowest BCUT2D eigenvalue weighted by Crippen LogP contribution is -2.37. The molecule has 1 aromatic carbocycles. The fourth-order valence-electron chi connectivity index (χ4n) is 2.79. The molecule has 3 aromatic rings. The first-order valence-electron chi connectivity index (χ1n) is 8.48. The third-order valence-corrected chi connectivity index (χ3v) is 4.32. The van der Waals surface area contributed by atoms with Crippen LogP contribution < -0.4 is 10.6 Å². The molecule has 0 radical (unpaired) electrons. The van der Waals surface area contributed by atoms with Crippen molar-refractivity contribution in [2.24, 2.45) is 12.0 Å². The van der Waals surface area contributed by atoms with E-state index in [1.54, 1.807) is 11.7 Å². The highest BCUT2D eigenvalue weighted by atomic mass is 15.3. The molecule has 8 heteroatoms. The van der Waals surface area contributed by atoms with Gasteiger partial charge in [0, 0.05) is 31.9 Å². The van der Waals surface area contributed by atoms with Gasteiger partial charge in [0.15, 0.2) is 5.96 Å². The van der Waals surface area contributed by atoms with Crippen molar-refractivity contribution in [2.45, 2.75) is 26.9 Å². The minimum absolute atomic E-state index is 0.553. The summed E-state index contributed by atoms with van der Waals surface area (Å²) in [7, 11) is 3.62. The van der Waals surface area contributed by atoms with Gasteiger partial charge >= 0.3 is 0 Å². The predicted molar refractivity (Wildman–Crippen MR) is 101 cm³/mol. The average molecular weight is 352 g/mol. The third kappa shape index (κ3) is 3.74. The van der Waals surface area contributed by atoms with E-state index in [0.29, 0.717) is 19.0 Å². The van der Waals surface area contributed by atoms with E-state index in [2.05, 4.69) is 49.9 Å². The minimum Gasteiger partial charge on any atom is -0.352 e. The zero-order chi connectivity index (χ0) is 18.5. The summed E-state index contributed by atoms with van der Waals surface area (Å²) in [6, 6.07) is 10.1. The number of benzene rings is 1. The van der Waals surface area contributed by atoms with Crippen LogP contribution in [0.3, 0.4) is 0 Å². The quantitative estimate of drug-likeness (QED) is 0.537. The number of hydrogen-bond donors (Lipinski definition) is 2. The summed E-state index contributed by atoms with van der Waals surface area (Å²) < 4.78 is 3.71. The summed E-state index contributed by atoms with van der Waals surface area (Å²) in [5.74, 6) is 1.55. The second-order valence-electron chi connectivity index (χ2n) is 5.98. The number of aliphatic imine (C=N–C) groups is 1. The molecule has 0 amide bonds. The first kappa shape index (κ1) is 17.7. The molecular weight excluding hydrogens is 328 g/mol. The molecule has 3 rings (SSSR count). The molecule has 2 heterocycles. The van der Waals surface area contributed by atoms with Gasteiger partial charge < -0.3 is 10.6 Å². The Kier molecular flexibility index (Phi) is 5.31. The number of guanidine groups is 1. The zero-order valence-electron chi connectivity index (χ0n) is 15.6. The lowest BCUT2D eigenvalue weighted by atomic mass is 10.2. The highest BCUT2D eigenvalue weighted by Crippen LogP contribution is 2.17. The van der Waals surface area contributed by atoms with E-state index in [1.165, 1.54) is 6.33 Å². The van der Waals surface area contributed by atoms with Crippen molar-refractivity contribution in [2.75, 3.05) is 7.05 Å². The number of rotatable bonds is 5. The van der Waals surface area contributed by atoms with Crippen LogP contribution >= 0.6 is 0 Å². The van der Waals surface area contributed by atoms with Gasteiger partial charge in [0.05, 0.1) is 17.9 Å². The van der Waals surface area contributed by atoms with Crippen LogP contribution in [0.4, 0.5) is 0 Å². The highest BCUT2D eigenvalue weighted by Gasteiger charge is 2.13. The Balaban J connectivity index is 1.67. The maximum absolute atomic E-state index is 4.68. The first-order valence-corrected chi connectivity index (χ1v) is 8.48. The molecule has 0 spiro atoms. The molecule has 0 saturated carbocycles. The molecule has 26 heavy (non-hydrogen) atoms. The maximum Gasteiger partial charge on any atom is 0.191 e. The molecule has 0 fully saturated rings. The number of para-hydroxylation sites is 1. The molecule has 136 valence electrons. The van der Waals surface area contributed by atoms with Crippen LogP contribution in [0.5, 0.6) is 0 Å². The van der Waals surface area contributed by atoms with Crippen LogP contribution in [0.15, 0.2) is 41.7 Å². The van der Waals surface area contributed by atoms with Gasteiger partial charge in [0.1, 0.15) is 12.2 Å². The van der Waals surface area contributed by atoms with E-state index in [1.807, 2.05) is 36.9 Å². The fourth-order valence-corrected chi connectivity index (χ4v) is 2.79. The van der Waals surface area contributed by atoms with E-state index in [0.717, 1.165) is 28.5 Å². The Labute approximate surface area is 153 Å². The van der Waals surface area contributed by atoms with Crippen LogP contribution in [0.2, 0.25) is 0 Å². The summed E-state index contributed by atoms with van der Waals surface area (Å²) in [5, 5.41) is 15.3. The standard InChI is InChI=1S/C18H24N8/c1-13-16(14(2)26(24-13)15-8-6-5-7-9-15)10-20-18(19-3)21-11-17-22-12-23-25(17)4/h5-9,12H,10-11H2,1-4H3,(H2,19,20,21). The monoisotopic (exact) mass is 352 g/mol. The number of nitrogens with one attached hydrogen (secondary N) is 2. The molecule has 0 aliphatic heterocycles. The molecular formula is C18H24N8. The Hall–Kier alpha value is -3.16. The van der Waals surface area contributed by atoms with Crippen LogP contribution in [0.1, 0.15) is 22.8 Å². The Morgan fingerprint density at radius 2 is 1.85 bits per heavy atom. The summed E-state index contributed by atoms with van der Waals surface area (Å²) >= 11 is 0. The van der Waals surface area contributed by atoms with Crippen LogP contribution in [0.25, 0.3) is 5.69 Å². The SMILES string of the molecule is CN=C(NCc1c(C)nn(-c2ccccc2)c1C)NCc1ncnn1C. The lowest BCUT2D eigenvalue weighted by molar-refractivity contribution is 0.672. The Morgan fingerprint density at radius 1 is 1.12 bits per heavy atom. The number of hydrogen-bond acceptors (Lipinski definition) is 4. The van der Waals surface area contributed by atoms with E-state index in [4.69, 9.17) is 0 Å². The smallest absolute Gasteiger partial charge is 0.191 e. The van der Waals surface area contributed by atoms with Gasteiger partial charge in [-0.25, -0.2) is 9.67 Å². The lowest BCUT2D eigenvalue weighted by Gasteiger charge is -2.12. The molecule has 0 atom stereocenters. The second kappa shape index (κ2) is 7.81. The van der Waals surface area contributed by atoms with Crippen LogP contribution in [0, 0.1) is 13.8 Å². The number of aryl methyl sites for hydroxylation is 2. The molecule has 0 aliphatic carbocycles. The van der Waals surface area contributed by atoms with E-state index < -0.39 is 0 Å². The van der Waals surface area contributed by atoms with Gasteiger partial charge in [-0.2, -0.15) is 10.2 Å². The average Bonchev–Trinajstić information content (AvgIpc) is 3.19. The molecule has 2 aromatic heterocycles. The molecule has 0 unspecified atom stereocenters. The van der Waals surface area contributed by atoms with Crippen molar-refractivity contribution in [3.05, 3.63) is 59.4 Å². The third-order valence-electron chi connectivity index (χ3n) is 4.32. The van der Waals surface area contributed by atoms with E-state index in [9.17, 15) is 0 Å². The van der Waals surface area contributed by atoms with Crippen molar-refractivity contribution in [3.63, 3.8) is 0 Å². The van der Waals surface area contributed by atoms with Gasteiger partial charge in [-0.1, -0.05) is 18.2 Å². The van der Waals surface area contributed by atoms with E-state index in [-0.39, 0.29) is 0 Å².